The van der Waals surface area contributed by atoms with Gasteiger partial charge in [0, 0.05) is 29.5 Å². The zero-order chi connectivity index (χ0) is 15.8. The second kappa shape index (κ2) is 5.10. The molecule has 0 aliphatic heterocycles. The molecule has 0 spiro atoms. The third kappa shape index (κ3) is 2.26. The molecule has 112 valence electrons. The lowest BCUT2D eigenvalue weighted by atomic mass is 10.0. The lowest BCUT2D eigenvalue weighted by Gasteiger charge is -2.10. The first-order chi connectivity index (χ1) is 11.2. The summed E-state index contributed by atoms with van der Waals surface area (Å²) < 4.78 is 1.78. The van der Waals surface area contributed by atoms with E-state index in [2.05, 4.69) is 15.2 Å². The van der Waals surface area contributed by atoms with E-state index in [1.807, 2.05) is 36.7 Å². The fraction of sp³-hybridized carbons (Fsp3) is 0. The Labute approximate surface area is 131 Å². The summed E-state index contributed by atoms with van der Waals surface area (Å²) >= 11 is 0. The third-order valence-electron chi connectivity index (χ3n) is 3.73. The van der Waals surface area contributed by atoms with Crippen molar-refractivity contribution in [2.45, 2.75) is 0 Å². The van der Waals surface area contributed by atoms with Crippen molar-refractivity contribution in [1.82, 2.24) is 19.7 Å². The number of aromatic amines is 1. The van der Waals surface area contributed by atoms with Crippen LogP contribution in [0.4, 0.5) is 0 Å². The molecule has 23 heavy (non-hydrogen) atoms. The van der Waals surface area contributed by atoms with E-state index in [0.29, 0.717) is 11.3 Å². The number of carbonyl (C=O) groups is 1. The number of aromatic carboxylic acids is 1. The number of H-pyrrole nitrogens is 1. The van der Waals surface area contributed by atoms with Gasteiger partial charge in [-0.05, 0) is 35.9 Å². The second-order valence-corrected chi connectivity index (χ2v) is 5.16. The monoisotopic (exact) mass is 304 g/mol. The molecule has 0 bridgehead atoms. The van der Waals surface area contributed by atoms with Gasteiger partial charge >= 0.3 is 5.97 Å². The quantitative estimate of drug-likeness (QED) is 0.609. The zero-order valence-electron chi connectivity index (χ0n) is 12.0. The topological polar surface area (TPSA) is 83.8 Å². The van der Waals surface area contributed by atoms with E-state index in [1.165, 1.54) is 0 Å². The Bertz CT molecular complexity index is 1000. The van der Waals surface area contributed by atoms with Crippen molar-refractivity contribution < 1.29 is 9.90 Å². The Balaban J connectivity index is 1.86. The summed E-state index contributed by atoms with van der Waals surface area (Å²) in [5.41, 5.74) is 3.22. The number of carboxylic acids is 1. The van der Waals surface area contributed by atoms with Crippen LogP contribution in [0, 0.1) is 0 Å². The molecule has 0 aliphatic rings. The van der Waals surface area contributed by atoms with E-state index in [0.717, 1.165) is 16.5 Å². The SMILES string of the molecule is O=C(O)c1cc(-c2cnc3[nH]ncc3c2)ccc1-n1cccc1. The lowest BCUT2D eigenvalue weighted by Crippen LogP contribution is -2.04. The highest BCUT2D eigenvalue weighted by molar-refractivity contribution is 5.94. The Morgan fingerprint density at radius 2 is 1.91 bits per heavy atom. The third-order valence-corrected chi connectivity index (χ3v) is 3.73. The van der Waals surface area contributed by atoms with Gasteiger partial charge in [-0.15, -0.1) is 0 Å². The lowest BCUT2D eigenvalue weighted by molar-refractivity contribution is 0.0697. The number of nitrogens with one attached hydrogen (secondary N) is 1. The molecule has 2 N–H and O–H groups in total. The first kappa shape index (κ1) is 13.3. The van der Waals surface area contributed by atoms with Crippen LogP contribution in [0.5, 0.6) is 0 Å². The molecule has 0 aliphatic carbocycles. The minimum atomic E-state index is -0.965. The Morgan fingerprint density at radius 1 is 1.09 bits per heavy atom. The number of aromatic nitrogens is 4. The van der Waals surface area contributed by atoms with Crippen molar-refractivity contribution in [2.75, 3.05) is 0 Å². The van der Waals surface area contributed by atoms with Crippen molar-refractivity contribution in [2.24, 2.45) is 0 Å². The molecule has 6 heteroatoms. The van der Waals surface area contributed by atoms with E-state index >= 15 is 0 Å². The predicted molar refractivity (Wildman–Crippen MR) is 85.6 cm³/mol. The molecule has 4 aromatic rings. The first-order valence-electron chi connectivity index (χ1n) is 7.02. The minimum absolute atomic E-state index is 0.242. The minimum Gasteiger partial charge on any atom is -0.478 e. The number of fused-ring (bicyclic) bond motifs is 1. The van der Waals surface area contributed by atoms with E-state index in [1.54, 1.807) is 29.1 Å². The number of pyridine rings is 1. The summed E-state index contributed by atoms with van der Waals surface area (Å²) in [6, 6.07) is 11.0. The van der Waals surface area contributed by atoms with Gasteiger partial charge in [-0.3, -0.25) is 5.10 Å². The maximum atomic E-state index is 11.6. The van der Waals surface area contributed by atoms with Gasteiger partial charge in [0.15, 0.2) is 5.65 Å². The summed E-state index contributed by atoms with van der Waals surface area (Å²) in [7, 11) is 0. The zero-order valence-corrected chi connectivity index (χ0v) is 12.0. The molecule has 0 saturated heterocycles. The van der Waals surface area contributed by atoms with Crippen LogP contribution in [0.15, 0.2) is 61.2 Å². The molecule has 4 rings (SSSR count). The van der Waals surface area contributed by atoms with E-state index < -0.39 is 5.97 Å². The highest BCUT2D eigenvalue weighted by Crippen LogP contribution is 2.26. The second-order valence-electron chi connectivity index (χ2n) is 5.16. The Hall–Kier alpha value is -3.41. The number of hydrogen-bond acceptors (Lipinski definition) is 3. The van der Waals surface area contributed by atoms with Crippen molar-refractivity contribution in [3.8, 4) is 16.8 Å². The molecule has 0 atom stereocenters. The smallest absolute Gasteiger partial charge is 0.337 e. The van der Waals surface area contributed by atoms with Gasteiger partial charge in [0.2, 0.25) is 0 Å². The molecule has 1 aromatic carbocycles. The highest BCUT2D eigenvalue weighted by atomic mass is 16.4. The molecular weight excluding hydrogens is 292 g/mol. The molecule has 0 fully saturated rings. The summed E-state index contributed by atoms with van der Waals surface area (Å²) in [5.74, 6) is -0.965. The average molecular weight is 304 g/mol. The van der Waals surface area contributed by atoms with Gasteiger partial charge in [-0.25, -0.2) is 9.78 Å². The van der Waals surface area contributed by atoms with Crippen LogP contribution in [0.25, 0.3) is 27.8 Å². The maximum Gasteiger partial charge on any atom is 0.337 e. The molecule has 6 nitrogen and oxygen atoms in total. The average Bonchev–Trinajstić information content (AvgIpc) is 3.25. The normalized spacial score (nSPS) is 11.0. The van der Waals surface area contributed by atoms with E-state index in [4.69, 9.17) is 0 Å². The summed E-state index contributed by atoms with van der Waals surface area (Å²) in [6.45, 7) is 0. The molecule has 0 saturated carbocycles. The summed E-state index contributed by atoms with van der Waals surface area (Å²) in [4.78, 5) is 15.9. The number of benzene rings is 1. The standard InChI is InChI=1S/C17H12N4O2/c22-17(23)14-8-11(3-4-15(14)21-5-1-2-6-21)12-7-13-10-19-20-16(13)18-9-12/h1-10H,(H,22,23)(H,18,19,20). The molecule has 3 aromatic heterocycles. The number of hydrogen-bond donors (Lipinski definition) is 2. The van der Waals surface area contributed by atoms with Crippen molar-refractivity contribution in [3.63, 3.8) is 0 Å². The number of nitrogens with zero attached hydrogens (tertiary/aromatic N) is 3. The van der Waals surface area contributed by atoms with Crippen molar-refractivity contribution in [1.29, 1.82) is 0 Å². The van der Waals surface area contributed by atoms with Gasteiger partial charge in [0.05, 0.1) is 17.4 Å². The van der Waals surface area contributed by atoms with Gasteiger partial charge in [0.25, 0.3) is 0 Å². The fourth-order valence-electron chi connectivity index (χ4n) is 2.60. The van der Waals surface area contributed by atoms with Crippen LogP contribution < -0.4 is 0 Å². The van der Waals surface area contributed by atoms with Crippen LogP contribution in [0.2, 0.25) is 0 Å². The van der Waals surface area contributed by atoms with Crippen molar-refractivity contribution >= 4 is 17.0 Å². The Morgan fingerprint density at radius 3 is 2.70 bits per heavy atom. The van der Waals surface area contributed by atoms with Crippen LogP contribution in [-0.4, -0.2) is 30.8 Å². The highest BCUT2D eigenvalue weighted by Gasteiger charge is 2.13. The van der Waals surface area contributed by atoms with E-state index in [9.17, 15) is 9.90 Å². The van der Waals surface area contributed by atoms with Crippen LogP contribution in [0.3, 0.4) is 0 Å². The maximum absolute atomic E-state index is 11.6. The molecule has 0 amide bonds. The van der Waals surface area contributed by atoms with Crippen LogP contribution in [0.1, 0.15) is 10.4 Å². The number of rotatable bonds is 3. The number of carboxylic acid groups (broad SMARTS) is 1. The summed E-state index contributed by atoms with van der Waals surface area (Å²) in [6.07, 6.45) is 7.04. The van der Waals surface area contributed by atoms with Gasteiger partial charge in [-0.1, -0.05) is 6.07 Å². The van der Waals surface area contributed by atoms with Crippen LogP contribution in [-0.2, 0) is 0 Å². The molecular formula is C17H12N4O2. The molecule has 3 heterocycles. The first-order valence-corrected chi connectivity index (χ1v) is 7.02. The Kier molecular flexibility index (Phi) is 2.94. The van der Waals surface area contributed by atoms with Gasteiger partial charge in [-0.2, -0.15) is 5.10 Å². The van der Waals surface area contributed by atoms with Crippen LogP contribution >= 0.6 is 0 Å². The van der Waals surface area contributed by atoms with E-state index in [-0.39, 0.29) is 5.56 Å². The van der Waals surface area contributed by atoms with Crippen molar-refractivity contribution in [3.05, 3.63) is 66.7 Å². The van der Waals surface area contributed by atoms with Gasteiger partial charge in [0.1, 0.15) is 0 Å². The largest absolute Gasteiger partial charge is 0.478 e. The predicted octanol–water partition coefficient (Wildman–Crippen LogP) is 3.11. The summed E-state index contributed by atoms with van der Waals surface area (Å²) in [5, 5.41) is 17.2. The molecule has 0 unspecified atom stereocenters. The fourth-order valence-corrected chi connectivity index (χ4v) is 2.60. The van der Waals surface area contributed by atoms with Gasteiger partial charge < -0.3 is 9.67 Å². The molecule has 0 radical (unpaired) electrons.